The topological polar surface area (TPSA) is 47.4 Å². The van der Waals surface area contributed by atoms with E-state index in [1.165, 1.54) is 12.8 Å². The van der Waals surface area contributed by atoms with E-state index in [9.17, 15) is 4.79 Å². The summed E-state index contributed by atoms with van der Waals surface area (Å²) in [6.45, 7) is 2.58. The second kappa shape index (κ2) is 5.74. The second-order valence-electron chi connectivity index (χ2n) is 7.75. The summed E-state index contributed by atoms with van der Waals surface area (Å²) < 4.78 is 8.07. The van der Waals surface area contributed by atoms with Gasteiger partial charge in [0.25, 0.3) is 5.91 Å². The first-order valence-corrected chi connectivity index (χ1v) is 10.1. The van der Waals surface area contributed by atoms with Gasteiger partial charge in [-0.2, -0.15) is 5.10 Å². The minimum absolute atomic E-state index is 0.0605. The molecule has 1 amide bonds. The molecule has 6 heteroatoms. The molecule has 0 N–H and O–H groups in total. The summed E-state index contributed by atoms with van der Waals surface area (Å²) in [5, 5.41) is 5.42. The number of ether oxygens (including phenoxy) is 1. The van der Waals surface area contributed by atoms with Crippen LogP contribution < -0.4 is 0 Å². The van der Waals surface area contributed by atoms with Crippen LogP contribution in [0.15, 0.2) is 24.3 Å². The smallest absolute Gasteiger partial charge is 0.275 e. The summed E-state index contributed by atoms with van der Waals surface area (Å²) in [6, 6.07) is 7.93. The monoisotopic (exact) mass is 357 g/mol. The number of para-hydroxylation sites is 1. The van der Waals surface area contributed by atoms with Crippen LogP contribution in [0.4, 0.5) is 0 Å². The fraction of sp³-hybridized carbons (Fsp3) is 0.579. The van der Waals surface area contributed by atoms with Crippen LogP contribution in [0.5, 0.6) is 0 Å². The van der Waals surface area contributed by atoms with Gasteiger partial charge in [0.1, 0.15) is 0 Å². The largest absolute Gasteiger partial charge is 0.377 e. The lowest BCUT2D eigenvalue weighted by atomic mass is 9.92. The average Bonchev–Trinajstić information content (AvgIpc) is 3.23. The quantitative estimate of drug-likeness (QED) is 0.844. The molecule has 5 rings (SSSR count). The van der Waals surface area contributed by atoms with Crippen LogP contribution in [0, 0.1) is 5.92 Å². The van der Waals surface area contributed by atoms with E-state index in [4.69, 9.17) is 4.74 Å². The number of thioether (sulfide) groups is 1. The van der Waals surface area contributed by atoms with Crippen LogP contribution in [-0.4, -0.2) is 56.9 Å². The van der Waals surface area contributed by atoms with Gasteiger partial charge in [-0.25, -0.2) is 0 Å². The number of hydrogen-bond acceptors (Lipinski definition) is 4. The van der Waals surface area contributed by atoms with Crippen molar-refractivity contribution in [3.8, 4) is 0 Å². The third-order valence-electron chi connectivity index (χ3n) is 5.65. The first-order valence-electron chi connectivity index (χ1n) is 9.10. The van der Waals surface area contributed by atoms with Crippen molar-refractivity contribution in [2.45, 2.75) is 30.1 Å². The molecule has 1 unspecified atom stereocenters. The number of aromatic nitrogens is 2. The zero-order chi connectivity index (χ0) is 17.0. The molecule has 1 saturated carbocycles. The number of carbonyl (C=O) groups is 1. The van der Waals surface area contributed by atoms with E-state index in [0.717, 1.165) is 48.7 Å². The van der Waals surface area contributed by atoms with Gasteiger partial charge in [0.05, 0.1) is 16.4 Å². The third-order valence-corrected chi connectivity index (χ3v) is 7.22. The van der Waals surface area contributed by atoms with E-state index in [0.29, 0.717) is 11.8 Å². The molecule has 2 aromatic rings. The Hall–Kier alpha value is -1.53. The molecule has 1 atom stereocenters. The SMILES string of the molecule is Cn1nc(C(=O)N2CC3(CC(OCC4CC4)CS3)C2)c2ccccc21. The number of fused-ring (bicyclic) bond motifs is 1. The average molecular weight is 357 g/mol. The molecule has 3 aliphatic rings. The Balaban J connectivity index is 1.25. The third kappa shape index (κ3) is 2.75. The van der Waals surface area contributed by atoms with Crippen molar-refractivity contribution >= 4 is 28.6 Å². The highest BCUT2D eigenvalue weighted by Gasteiger charge is 2.51. The number of hydrogen-bond donors (Lipinski definition) is 0. The van der Waals surface area contributed by atoms with Gasteiger partial charge in [-0.1, -0.05) is 18.2 Å². The zero-order valence-corrected chi connectivity index (χ0v) is 15.3. The molecule has 0 bridgehead atoms. The van der Waals surface area contributed by atoms with E-state index in [-0.39, 0.29) is 10.7 Å². The normalized spacial score (nSPS) is 24.8. The number of nitrogens with zero attached hydrogens (tertiary/aromatic N) is 3. The van der Waals surface area contributed by atoms with Crippen LogP contribution in [0.25, 0.3) is 10.9 Å². The number of aryl methyl sites for hydroxylation is 1. The van der Waals surface area contributed by atoms with Crippen LogP contribution in [0.2, 0.25) is 0 Å². The van der Waals surface area contributed by atoms with Crippen molar-refractivity contribution in [2.75, 3.05) is 25.4 Å². The summed E-state index contributed by atoms with van der Waals surface area (Å²) in [6.07, 6.45) is 4.13. The van der Waals surface area contributed by atoms with Crippen LogP contribution in [0.3, 0.4) is 0 Å². The van der Waals surface area contributed by atoms with Crippen molar-refractivity contribution in [1.29, 1.82) is 0 Å². The molecule has 3 heterocycles. The van der Waals surface area contributed by atoms with Crippen LogP contribution in [0.1, 0.15) is 29.8 Å². The molecule has 1 aromatic carbocycles. The van der Waals surface area contributed by atoms with Crippen molar-refractivity contribution in [3.05, 3.63) is 30.0 Å². The van der Waals surface area contributed by atoms with E-state index >= 15 is 0 Å². The lowest BCUT2D eigenvalue weighted by molar-refractivity contribution is 0.0285. The van der Waals surface area contributed by atoms with E-state index < -0.39 is 0 Å². The number of benzene rings is 1. The highest BCUT2D eigenvalue weighted by Crippen LogP contribution is 2.47. The highest BCUT2D eigenvalue weighted by atomic mass is 32.2. The summed E-state index contributed by atoms with van der Waals surface area (Å²) in [7, 11) is 1.89. The minimum Gasteiger partial charge on any atom is -0.377 e. The van der Waals surface area contributed by atoms with Gasteiger partial charge in [-0.3, -0.25) is 9.48 Å². The Kier molecular flexibility index (Phi) is 3.61. The molecular weight excluding hydrogens is 334 g/mol. The number of carbonyl (C=O) groups excluding carboxylic acids is 1. The van der Waals surface area contributed by atoms with Crippen LogP contribution in [-0.2, 0) is 11.8 Å². The van der Waals surface area contributed by atoms with Gasteiger partial charge in [-0.05, 0) is 31.2 Å². The first kappa shape index (κ1) is 15.7. The Morgan fingerprint density at radius 2 is 2.16 bits per heavy atom. The first-order chi connectivity index (χ1) is 12.1. The molecule has 0 radical (unpaired) electrons. The maximum absolute atomic E-state index is 12.9. The molecule has 1 aromatic heterocycles. The van der Waals surface area contributed by atoms with Gasteiger partial charge in [0.15, 0.2) is 5.69 Å². The summed E-state index contributed by atoms with van der Waals surface area (Å²) in [4.78, 5) is 14.9. The predicted octanol–water partition coefficient (Wildman–Crippen LogP) is 2.70. The highest BCUT2D eigenvalue weighted by molar-refractivity contribution is 8.01. The lowest BCUT2D eigenvalue weighted by Gasteiger charge is -2.47. The Morgan fingerprint density at radius 3 is 2.96 bits per heavy atom. The van der Waals surface area contributed by atoms with Gasteiger partial charge < -0.3 is 9.64 Å². The van der Waals surface area contributed by atoms with E-state index in [1.54, 1.807) is 4.68 Å². The molecular formula is C19H23N3O2S. The molecule has 2 aliphatic heterocycles. The van der Waals surface area contributed by atoms with E-state index in [1.807, 2.05) is 48.0 Å². The van der Waals surface area contributed by atoms with Gasteiger partial charge in [0, 0.05) is 37.9 Å². The maximum atomic E-state index is 12.9. The summed E-state index contributed by atoms with van der Waals surface area (Å²) >= 11 is 1.99. The van der Waals surface area contributed by atoms with E-state index in [2.05, 4.69) is 5.10 Å². The Morgan fingerprint density at radius 1 is 1.36 bits per heavy atom. The number of rotatable bonds is 4. The van der Waals surface area contributed by atoms with Gasteiger partial charge in [0.2, 0.25) is 0 Å². The fourth-order valence-corrected chi connectivity index (χ4v) is 5.55. The van der Waals surface area contributed by atoms with Crippen molar-refractivity contribution in [3.63, 3.8) is 0 Å². The molecule has 3 fully saturated rings. The molecule has 1 aliphatic carbocycles. The minimum atomic E-state index is 0.0605. The molecule has 2 saturated heterocycles. The predicted molar refractivity (Wildman–Crippen MR) is 98.9 cm³/mol. The van der Waals surface area contributed by atoms with Crippen molar-refractivity contribution in [1.82, 2.24) is 14.7 Å². The summed E-state index contributed by atoms with van der Waals surface area (Å²) in [5.41, 5.74) is 1.59. The van der Waals surface area contributed by atoms with Crippen molar-refractivity contribution < 1.29 is 9.53 Å². The second-order valence-corrected chi connectivity index (χ2v) is 9.24. The molecule has 5 nitrogen and oxygen atoms in total. The van der Waals surface area contributed by atoms with Gasteiger partial charge in [-0.15, -0.1) is 11.8 Å². The fourth-order valence-electron chi connectivity index (χ4n) is 4.00. The number of amides is 1. The number of likely N-dealkylation sites (tertiary alicyclic amines) is 1. The van der Waals surface area contributed by atoms with Crippen molar-refractivity contribution in [2.24, 2.45) is 13.0 Å². The molecule has 132 valence electrons. The van der Waals surface area contributed by atoms with Crippen LogP contribution >= 0.6 is 11.8 Å². The lowest BCUT2D eigenvalue weighted by Crippen LogP contribution is -2.60. The zero-order valence-electron chi connectivity index (χ0n) is 14.5. The Bertz CT molecular complexity index is 823. The Labute approximate surface area is 151 Å². The summed E-state index contributed by atoms with van der Waals surface area (Å²) in [5.74, 6) is 1.95. The van der Waals surface area contributed by atoms with Gasteiger partial charge >= 0.3 is 0 Å². The molecule has 1 spiro atoms. The standard InChI is InChI=1S/C19H23N3O2S/c1-21-16-5-3-2-4-15(16)17(20-21)18(23)22-11-19(12-22)8-14(10-25-19)24-9-13-6-7-13/h2-5,13-14H,6-12H2,1H3. The maximum Gasteiger partial charge on any atom is 0.275 e. The molecule has 25 heavy (non-hydrogen) atoms.